The first-order valence-corrected chi connectivity index (χ1v) is 7.01. The second-order valence-corrected chi connectivity index (χ2v) is 6.27. The van der Waals surface area contributed by atoms with Crippen LogP contribution in [0.25, 0.3) is 0 Å². The van der Waals surface area contributed by atoms with Crippen LogP contribution in [0, 0.1) is 18.2 Å². The quantitative estimate of drug-likeness (QED) is 0.932. The second kappa shape index (κ2) is 5.47. The fourth-order valence-electron chi connectivity index (χ4n) is 2.78. The summed E-state index contributed by atoms with van der Waals surface area (Å²) >= 11 is 0. The summed E-state index contributed by atoms with van der Waals surface area (Å²) < 4.78 is 13.8. The van der Waals surface area contributed by atoms with Crippen LogP contribution in [0.4, 0.5) is 4.39 Å². The largest absolute Gasteiger partial charge is 0.480 e. The predicted octanol–water partition coefficient (Wildman–Crippen LogP) is 2.91. The topological polar surface area (TPSA) is 57.6 Å². The van der Waals surface area contributed by atoms with E-state index in [1.54, 1.807) is 19.1 Å². The van der Waals surface area contributed by atoms with Gasteiger partial charge in [0.15, 0.2) is 0 Å². The molecule has 1 aliphatic rings. The summed E-state index contributed by atoms with van der Waals surface area (Å²) in [6.07, 6.45) is 1.29. The molecule has 1 amide bonds. The molecule has 0 aliphatic carbocycles. The number of rotatable bonds is 3. The van der Waals surface area contributed by atoms with Crippen LogP contribution >= 0.6 is 0 Å². The Hall–Kier alpha value is -1.91. The van der Waals surface area contributed by atoms with E-state index in [4.69, 9.17) is 5.11 Å². The minimum atomic E-state index is -1.06. The van der Waals surface area contributed by atoms with E-state index in [-0.39, 0.29) is 24.3 Å². The number of carboxylic acid groups (broad SMARTS) is 1. The van der Waals surface area contributed by atoms with Gasteiger partial charge < -0.3 is 10.0 Å². The van der Waals surface area contributed by atoms with Crippen molar-refractivity contribution in [2.24, 2.45) is 5.41 Å². The van der Waals surface area contributed by atoms with Crippen LogP contribution in [-0.2, 0) is 9.59 Å². The Bertz CT molecular complexity index is 583. The van der Waals surface area contributed by atoms with Crippen molar-refractivity contribution in [2.75, 3.05) is 6.54 Å². The maximum atomic E-state index is 13.8. The third kappa shape index (κ3) is 3.06. The molecule has 1 saturated heterocycles. The van der Waals surface area contributed by atoms with E-state index in [1.807, 2.05) is 13.8 Å². The Kier molecular flexibility index (Phi) is 4.03. The number of carbonyl (C=O) groups excluding carboxylic acids is 1. The molecule has 2 rings (SSSR count). The molecule has 1 fully saturated rings. The van der Waals surface area contributed by atoms with E-state index in [2.05, 4.69) is 0 Å². The lowest BCUT2D eigenvalue weighted by molar-refractivity contribution is -0.155. The van der Waals surface area contributed by atoms with Gasteiger partial charge in [0.1, 0.15) is 12.4 Å². The first kappa shape index (κ1) is 15.5. The number of piperidine rings is 1. The second-order valence-electron chi connectivity index (χ2n) is 6.27. The molecule has 0 radical (unpaired) electrons. The smallest absolute Gasteiger partial charge is 0.323 e. The number of carbonyl (C=O) groups is 2. The van der Waals surface area contributed by atoms with Crippen molar-refractivity contribution in [3.8, 4) is 0 Å². The number of halogens is 1. The van der Waals surface area contributed by atoms with Gasteiger partial charge in [0.25, 0.3) is 0 Å². The van der Waals surface area contributed by atoms with Gasteiger partial charge in [-0.1, -0.05) is 26.0 Å². The molecular formula is C16H20FNO3. The third-order valence-electron chi connectivity index (χ3n) is 4.15. The zero-order valence-corrected chi connectivity index (χ0v) is 12.5. The molecule has 1 atom stereocenters. The maximum Gasteiger partial charge on any atom is 0.323 e. The maximum absolute atomic E-state index is 13.8. The molecule has 0 unspecified atom stereocenters. The van der Waals surface area contributed by atoms with Crippen molar-refractivity contribution >= 4 is 11.9 Å². The van der Waals surface area contributed by atoms with Crippen molar-refractivity contribution in [3.05, 3.63) is 35.1 Å². The lowest BCUT2D eigenvalue weighted by atomic mass is 9.78. The number of hydrogen-bond donors (Lipinski definition) is 1. The van der Waals surface area contributed by atoms with Crippen LogP contribution < -0.4 is 0 Å². The van der Waals surface area contributed by atoms with Gasteiger partial charge in [-0.05, 0) is 37.0 Å². The zero-order chi connectivity index (χ0) is 15.8. The van der Waals surface area contributed by atoms with Gasteiger partial charge >= 0.3 is 5.97 Å². The summed E-state index contributed by atoms with van der Waals surface area (Å²) in [4.78, 5) is 24.9. The van der Waals surface area contributed by atoms with Crippen LogP contribution in [0.3, 0.4) is 0 Å². The Balaban J connectivity index is 2.37. The summed E-state index contributed by atoms with van der Waals surface area (Å²) in [6, 6.07) is 4.45. The first-order valence-electron chi connectivity index (χ1n) is 7.01. The van der Waals surface area contributed by atoms with Gasteiger partial charge in [0, 0.05) is 5.41 Å². The fourth-order valence-corrected chi connectivity index (χ4v) is 2.78. The lowest BCUT2D eigenvalue weighted by Crippen LogP contribution is -2.49. The first-order chi connectivity index (χ1) is 9.72. The standard InChI is InChI=1S/C16H20FNO3/c1-10-4-5-11(8-12(10)17)13-6-7-16(2,3)15(21)18(13)9-14(19)20/h4-5,8,13H,6-7,9H2,1-3H3,(H,19,20)/t13-/m0/s1. The molecule has 0 bridgehead atoms. The molecule has 21 heavy (non-hydrogen) atoms. The van der Waals surface area contributed by atoms with E-state index in [9.17, 15) is 14.0 Å². The number of carboxylic acids is 1. The SMILES string of the molecule is Cc1ccc([C@@H]2CCC(C)(C)C(=O)N2CC(=O)O)cc1F. The minimum absolute atomic E-state index is 0.192. The number of amides is 1. The number of likely N-dealkylation sites (tertiary alicyclic amines) is 1. The Morgan fingerprint density at radius 1 is 1.48 bits per heavy atom. The molecular weight excluding hydrogens is 273 g/mol. The van der Waals surface area contributed by atoms with Crippen molar-refractivity contribution in [3.63, 3.8) is 0 Å². The van der Waals surface area contributed by atoms with Gasteiger partial charge in [-0.3, -0.25) is 9.59 Å². The van der Waals surface area contributed by atoms with Gasteiger partial charge in [0.05, 0.1) is 6.04 Å². The normalized spacial score (nSPS) is 21.4. The number of aliphatic carboxylic acids is 1. The van der Waals surface area contributed by atoms with E-state index in [0.717, 1.165) is 0 Å². The van der Waals surface area contributed by atoms with Gasteiger partial charge in [0.2, 0.25) is 5.91 Å². The van der Waals surface area contributed by atoms with Crippen molar-refractivity contribution in [1.82, 2.24) is 4.90 Å². The highest BCUT2D eigenvalue weighted by Crippen LogP contribution is 2.40. The molecule has 1 aromatic rings. The van der Waals surface area contributed by atoms with Crippen LogP contribution in [0.15, 0.2) is 18.2 Å². The van der Waals surface area contributed by atoms with Crippen LogP contribution in [-0.4, -0.2) is 28.4 Å². The summed E-state index contributed by atoms with van der Waals surface area (Å²) in [5.41, 5.74) is 0.615. The van der Waals surface area contributed by atoms with Crippen LogP contribution in [0.5, 0.6) is 0 Å². The third-order valence-corrected chi connectivity index (χ3v) is 4.15. The van der Waals surface area contributed by atoms with E-state index < -0.39 is 11.4 Å². The molecule has 1 aliphatic heterocycles. The molecule has 4 nitrogen and oxygen atoms in total. The summed E-state index contributed by atoms with van der Waals surface area (Å²) in [5.74, 6) is -1.58. The number of hydrogen-bond acceptors (Lipinski definition) is 2. The number of nitrogens with zero attached hydrogens (tertiary/aromatic N) is 1. The minimum Gasteiger partial charge on any atom is -0.480 e. The van der Waals surface area contributed by atoms with Gasteiger partial charge in [-0.15, -0.1) is 0 Å². The Morgan fingerprint density at radius 3 is 2.71 bits per heavy atom. The average Bonchev–Trinajstić information content (AvgIpc) is 2.38. The fraction of sp³-hybridized carbons (Fsp3) is 0.500. The van der Waals surface area contributed by atoms with Crippen molar-refractivity contribution < 1.29 is 19.1 Å². The average molecular weight is 293 g/mol. The molecule has 0 saturated carbocycles. The zero-order valence-electron chi connectivity index (χ0n) is 12.5. The summed E-state index contributed by atoms with van der Waals surface area (Å²) in [6.45, 7) is 4.94. The van der Waals surface area contributed by atoms with Crippen LogP contribution in [0.2, 0.25) is 0 Å². The number of aryl methyl sites for hydroxylation is 1. The molecule has 1 N–H and O–H groups in total. The van der Waals surface area contributed by atoms with E-state index in [1.165, 1.54) is 11.0 Å². The van der Waals surface area contributed by atoms with Gasteiger partial charge in [-0.25, -0.2) is 4.39 Å². The van der Waals surface area contributed by atoms with E-state index >= 15 is 0 Å². The lowest BCUT2D eigenvalue weighted by Gasteiger charge is -2.42. The highest BCUT2D eigenvalue weighted by Gasteiger charge is 2.41. The Labute approximate surface area is 123 Å². The summed E-state index contributed by atoms with van der Waals surface area (Å²) in [5, 5.41) is 9.05. The molecule has 114 valence electrons. The summed E-state index contributed by atoms with van der Waals surface area (Å²) in [7, 11) is 0. The van der Waals surface area contributed by atoms with Crippen LogP contribution in [0.1, 0.15) is 43.9 Å². The Morgan fingerprint density at radius 2 is 2.14 bits per heavy atom. The monoisotopic (exact) mass is 293 g/mol. The van der Waals surface area contributed by atoms with Gasteiger partial charge in [-0.2, -0.15) is 0 Å². The van der Waals surface area contributed by atoms with E-state index in [0.29, 0.717) is 24.0 Å². The highest BCUT2D eigenvalue weighted by molar-refractivity contribution is 5.86. The number of benzene rings is 1. The molecule has 5 heteroatoms. The van der Waals surface area contributed by atoms with Crippen molar-refractivity contribution in [1.29, 1.82) is 0 Å². The molecule has 0 spiro atoms. The molecule has 0 aromatic heterocycles. The predicted molar refractivity (Wildman–Crippen MR) is 76.2 cm³/mol. The molecule has 1 aromatic carbocycles. The highest BCUT2D eigenvalue weighted by atomic mass is 19.1. The van der Waals surface area contributed by atoms with Crippen molar-refractivity contribution in [2.45, 2.75) is 39.7 Å². The molecule has 1 heterocycles.